The van der Waals surface area contributed by atoms with Gasteiger partial charge in [-0.1, -0.05) is 47.1 Å². The van der Waals surface area contributed by atoms with Gasteiger partial charge in [0, 0.05) is 5.92 Å². The molecule has 11 atom stereocenters. The van der Waals surface area contributed by atoms with Crippen molar-refractivity contribution in [3.8, 4) is 0 Å². The Morgan fingerprint density at radius 2 is 1.62 bits per heavy atom. The van der Waals surface area contributed by atoms with Gasteiger partial charge < -0.3 is 10.2 Å². The Morgan fingerprint density at radius 1 is 0.941 bits per heavy atom. The van der Waals surface area contributed by atoms with E-state index in [2.05, 4.69) is 47.6 Å². The first-order valence-corrected chi connectivity index (χ1v) is 13.8. The van der Waals surface area contributed by atoms with Gasteiger partial charge in [0.05, 0.1) is 11.5 Å². The zero-order valence-corrected chi connectivity index (χ0v) is 22.4. The molecule has 4 fully saturated rings. The van der Waals surface area contributed by atoms with Crippen LogP contribution >= 0.6 is 0 Å². The Hall–Kier alpha value is -1.16. The molecule has 0 aromatic carbocycles. The molecule has 0 radical (unpaired) electrons. The van der Waals surface area contributed by atoms with Gasteiger partial charge in [0.1, 0.15) is 0 Å². The molecule has 5 aliphatic carbocycles. The molecular formula is C30H46O4. The summed E-state index contributed by atoms with van der Waals surface area (Å²) < 4.78 is 0. The maximum Gasteiger partial charge on any atom is 0.312 e. The van der Waals surface area contributed by atoms with Crippen LogP contribution in [-0.4, -0.2) is 28.1 Å². The molecule has 0 aromatic rings. The molecule has 0 aliphatic heterocycles. The predicted molar refractivity (Wildman–Crippen MR) is 133 cm³/mol. The zero-order chi connectivity index (χ0) is 25.1. The Labute approximate surface area is 206 Å². The number of carboxylic acid groups (broad SMARTS) is 1. The molecule has 5 aliphatic rings. The molecular weight excluding hydrogens is 424 g/mol. The number of aliphatic hydroxyl groups excluding tert-OH is 1. The third-order valence-electron chi connectivity index (χ3n) is 13.2. The van der Waals surface area contributed by atoms with Gasteiger partial charge in [-0.05, 0) is 110 Å². The summed E-state index contributed by atoms with van der Waals surface area (Å²) in [7, 11) is 0. The number of ketones is 1. The lowest BCUT2D eigenvalue weighted by Gasteiger charge is -2.70. The summed E-state index contributed by atoms with van der Waals surface area (Å²) in [5.41, 5.74) is -0.124. The first kappa shape index (κ1) is 24.5. The molecule has 0 spiro atoms. The monoisotopic (exact) mass is 470 g/mol. The zero-order valence-electron chi connectivity index (χ0n) is 22.4. The van der Waals surface area contributed by atoms with E-state index in [-0.39, 0.29) is 33.9 Å². The maximum atomic E-state index is 14.2. The fourth-order valence-corrected chi connectivity index (χ4v) is 10.7. The molecule has 4 nitrogen and oxygen atoms in total. The first-order chi connectivity index (χ1) is 15.7. The maximum absolute atomic E-state index is 14.2. The molecule has 4 saturated carbocycles. The number of allylic oxidation sites excluding steroid dienone is 2. The number of carbonyl (C=O) groups excluding carboxylic acids is 1. The standard InChI is InChI=1S/C30H46O4/c1-17-8-11-26(3)14-15-28(5)19(23(26)18(17)2)16-20(31)24-27(4)12-10-22(32)30(7,25(33)34)21(27)9-13-29(24,28)6/h16-18,21-24,32H,8-15H2,1-7H3,(H,33,34)/t17-,18+,21?,22-,23+,24-,26-,27+,28-,29-,30?/m1/s1. The quantitative estimate of drug-likeness (QED) is 0.474. The smallest absolute Gasteiger partial charge is 0.312 e. The van der Waals surface area contributed by atoms with Gasteiger partial charge in [-0.3, -0.25) is 9.59 Å². The van der Waals surface area contributed by atoms with E-state index in [1.54, 1.807) is 6.92 Å². The van der Waals surface area contributed by atoms with Crippen molar-refractivity contribution in [3.63, 3.8) is 0 Å². The van der Waals surface area contributed by atoms with E-state index >= 15 is 0 Å². The van der Waals surface area contributed by atoms with E-state index < -0.39 is 22.9 Å². The van der Waals surface area contributed by atoms with Crippen molar-refractivity contribution in [1.82, 2.24) is 0 Å². The summed E-state index contributed by atoms with van der Waals surface area (Å²) in [5, 5.41) is 21.1. The second-order valence-electron chi connectivity index (χ2n) is 14.4. The highest BCUT2D eigenvalue weighted by Gasteiger charge is 2.71. The molecule has 0 bridgehead atoms. The van der Waals surface area contributed by atoms with Crippen molar-refractivity contribution in [3.05, 3.63) is 11.6 Å². The molecule has 0 amide bonds. The van der Waals surface area contributed by atoms with Crippen LogP contribution in [0.5, 0.6) is 0 Å². The first-order valence-electron chi connectivity index (χ1n) is 13.8. The highest BCUT2D eigenvalue weighted by atomic mass is 16.4. The van der Waals surface area contributed by atoms with E-state index in [1.807, 2.05) is 0 Å². The summed E-state index contributed by atoms with van der Waals surface area (Å²) in [5.74, 6) is 0.656. The van der Waals surface area contributed by atoms with Crippen LogP contribution in [0, 0.1) is 56.7 Å². The molecule has 34 heavy (non-hydrogen) atoms. The lowest BCUT2D eigenvalue weighted by atomic mass is 9.33. The third kappa shape index (κ3) is 2.70. The highest BCUT2D eigenvalue weighted by Crippen LogP contribution is 2.75. The van der Waals surface area contributed by atoms with Crippen LogP contribution in [0.3, 0.4) is 0 Å². The molecule has 0 aromatic heterocycles. The van der Waals surface area contributed by atoms with Crippen molar-refractivity contribution in [2.45, 2.75) is 106 Å². The molecule has 5 rings (SSSR count). The SMILES string of the molecule is C[C@H]1[C@H](C)CC[C@]2(C)CC[C@]3(C)C(=CC(=O)[C@@H]4[C@@]5(C)CC[C@@H](O)C(C)(C(=O)O)C5CC[C@]43C)[C@H]12. The predicted octanol–water partition coefficient (Wildman–Crippen LogP) is 6.27. The van der Waals surface area contributed by atoms with Crippen molar-refractivity contribution < 1.29 is 19.8 Å². The second-order valence-corrected chi connectivity index (χ2v) is 14.4. The minimum absolute atomic E-state index is 0.0370. The Morgan fingerprint density at radius 3 is 2.26 bits per heavy atom. The van der Waals surface area contributed by atoms with Crippen LogP contribution in [-0.2, 0) is 9.59 Å². The van der Waals surface area contributed by atoms with Crippen LogP contribution in [0.4, 0.5) is 0 Å². The second kappa shape index (κ2) is 7.20. The van der Waals surface area contributed by atoms with Crippen LogP contribution in [0.25, 0.3) is 0 Å². The van der Waals surface area contributed by atoms with Crippen molar-refractivity contribution in [1.29, 1.82) is 0 Å². The molecule has 2 N–H and O–H groups in total. The number of hydrogen-bond acceptors (Lipinski definition) is 3. The minimum Gasteiger partial charge on any atom is -0.481 e. The summed E-state index contributed by atoms with van der Waals surface area (Å²) in [6.45, 7) is 16.0. The van der Waals surface area contributed by atoms with Crippen LogP contribution in [0.15, 0.2) is 11.6 Å². The lowest BCUT2D eigenvalue weighted by Crippen LogP contribution is -2.68. The van der Waals surface area contributed by atoms with Crippen molar-refractivity contribution in [2.24, 2.45) is 56.7 Å². The van der Waals surface area contributed by atoms with Crippen LogP contribution in [0.2, 0.25) is 0 Å². The summed E-state index contributed by atoms with van der Waals surface area (Å²) >= 11 is 0. The summed E-state index contributed by atoms with van der Waals surface area (Å²) in [6, 6.07) is 0. The van der Waals surface area contributed by atoms with E-state index in [0.29, 0.717) is 24.2 Å². The molecule has 4 heteroatoms. The number of hydrogen-bond donors (Lipinski definition) is 2. The van der Waals surface area contributed by atoms with Gasteiger partial charge in [-0.15, -0.1) is 0 Å². The Bertz CT molecular complexity index is 953. The van der Waals surface area contributed by atoms with Gasteiger partial charge in [0.25, 0.3) is 0 Å². The van der Waals surface area contributed by atoms with Crippen LogP contribution in [0.1, 0.15) is 99.8 Å². The van der Waals surface area contributed by atoms with Crippen molar-refractivity contribution >= 4 is 11.8 Å². The highest BCUT2D eigenvalue weighted by molar-refractivity contribution is 5.96. The van der Waals surface area contributed by atoms with E-state index in [4.69, 9.17) is 0 Å². The fraction of sp³-hybridized carbons (Fsp3) is 0.867. The van der Waals surface area contributed by atoms with Gasteiger partial charge in [0.15, 0.2) is 5.78 Å². The summed E-state index contributed by atoms with van der Waals surface area (Å²) in [6.07, 6.45) is 8.89. The number of carboxylic acids is 1. The molecule has 0 heterocycles. The Kier molecular flexibility index (Phi) is 5.20. The minimum atomic E-state index is -1.20. The van der Waals surface area contributed by atoms with Crippen LogP contribution < -0.4 is 0 Å². The average Bonchev–Trinajstić information content (AvgIpc) is 2.75. The fourth-order valence-electron chi connectivity index (χ4n) is 10.7. The molecule has 190 valence electrons. The number of rotatable bonds is 1. The van der Waals surface area contributed by atoms with Gasteiger partial charge in [-0.2, -0.15) is 0 Å². The molecule has 0 saturated heterocycles. The van der Waals surface area contributed by atoms with Gasteiger partial charge >= 0.3 is 5.97 Å². The average molecular weight is 471 g/mol. The number of carbonyl (C=O) groups is 2. The van der Waals surface area contributed by atoms with Gasteiger partial charge in [-0.25, -0.2) is 0 Å². The topological polar surface area (TPSA) is 74.6 Å². The normalized spacial score (nSPS) is 56.9. The van der Waals surface area contributed by atoms with Crippen molar-refractivity contribution in [2.75, 3.05) is 0 Å². The van der Waals surface area contributed by atoms with E-state index in [9.17, 15) is 19.8 Å². The molecule has 2 unspecified atom stereocenters. The van der Waals surface area contributed by atoms with E-state index in [1.165, 1.54) is 24.8 Å². The van der Waals surface area contributed by atoms with E-state index in [0.717, 1.165) is 25.7 Å². The summed E-state index contributed by atoms with van der Waals surface area (Å²) in [4.78, 5) is 26.7. The Balaban J connectivity index is 1.65. The third-order valence-corrected chi connectivity index (χ3v) is 13.2. The number of aliphatic carboxylic acids is 1. The van der Waals surface area contributed by atoms with Gasteiger partial charge in [0.2, 0.25) is 0 Å². The largest absolute Gasteiger partial charge is 0.481 e. The number of aliphatic hydroxyl groups is 1. The number of fused-ring (bicyclic) bond motifs is 7. The lowest BCUT2D eigenvalue weighted by molar-refractivity contribution is -0.215.